The standard InChI is InChI=1S/C25H30N4O3/c1-4-32-25(31)19-10-7-9-18-20(21-15-27-29(3)16(21)2)14-22(28-23(18)19)24(30)26-13-6-5-8-17-11-12-17/h7,9-10,14-15,17H,4-6,8,11-13H2,1-3H3,(H,26,30). The zero-order valence-electron chi connectivity index (χ0n) is 19.0. The molecule has 7 heteroatoms. The van der Waals surface area contributed by atoms with Crippen molar-refractivity contribution < 1.29 is 14.3 Å². The lowest BCUT2D eigenvalue weighted by atomic mass is 9.98. The third-order valence-electron chi connectivity index (χ3n) is 6.11. The average Bonchev–Trinajstić information content (AvgIpc) is 3.56. The Morgan fingerprint density at radius 2 is 2.03 bits per heavy atom. The highest BCUT2D eigenvalue weighted by Crippen LogP contribution is 2.34. The number of ether oxygens (including phenoxy) is 1. The number of rotatable bonds is 9. The molecule has 2 aromatic heterocycles. The number of aromatic nitrogens is 3. The van der Waals surface area contributed by atoms with Gasteiger partial charge in [0.1, 0.15) is 5.69 Å². The smallest absolute Gasteiger partial charge is 0.340 e. The number of para-hydroxylation sites is 1. The molecule has 0 bridgehead atoms. The Morgan fingerprint density at radius 3 is 2.72 bits per heavy atom. The number of unbranched alkanes of at least 4 members (excludes halogenated alkanes) is 1. The van der Waals surface area contributed by atoms with Crippen LogP contribution in [0.15, 0.2) is 30.5 Å². The third-order valence-corrected chi connectivity index (χ3v) is 6.11. The van der Waals surface area contributed by atoms with Gasteiger partial charge in [-0.25, -0.2) is 9.78 Å². The summed E-state index contributed by atoms with van der Waals surface area (Å²) >= 11 is 0. The monoisotopic (exact) mass is 434 g/mol. The van der Waals surface area contributed by atoms with E-state index in [0.717, 1.165) is 41.0 Å². The van der Waals surface area contributed by atoms with Crippen molar-refractivity contribution in [3.8, 4) is 11.1 Å². The number of fused-ring (bicyclic) bond motifs is 1. The molecule has 0 saturated heterocycles. The Hall–Kier alpha value is -3.22. The van der Waals surface area contributed by atoms with Crippen LogP contribution >= 0.6 is 0 Å². The van der Waals surface area contributed by atoms with Gasteiger partial charge in [0.05, 0.1) is 23.9 Å². The topological polar surface area (TPSA) is 86.1 Å². The fourth-order valence-electron chi connectivity index (χ4n) is 3.98. The highest BCUT2D eigenvalue weighted by molar-refractivity contribution is 6.09. The Kier molecular flexibility index (Phi) is 6.53. The second kappa shape index (κ2) is 9.51. The van der Waals surface area contributed by atoms with E-state index in [1.165, 1.54) is 19.3 Å². The molecule has 0 spiro atoms. The predicted octanol–water partition coefficient (Wildman–Crippen LogP) is 4.43. The van der Waals surface area contributed by atoms with E-state index in [4.69, 9.17) is 4.74 Å². The minimum absolute atomic E-state index is 0.236. The SMILES string of the molecule is CCOC(=O)c1cccc2c(-c3cnn(C)c3C)cc(C(=O)NCCCCC3CC3)nc12. The number of carbonyl (C=O) groups is 2. The molecule has 3 aromatic rings. The molecule has 1 aliphatic rings. The highest BCUT2D eigenvalue weighted by Gasteiger charge is 2.21. The van der Waals surface area contributed by atoms with E-state index in [-0.39, 0.29) is 18.2 Å². The number of nitrogens with zero attached hydrogens (tertiary/aromatic N) is 3. The molecule has 1 fully saturated rings. The van der Waals surface area contributed by atoms with Crippen LogP contribution in [0, 0.1) is 12.8 Å². The van der Waals surface area contributed by atoms with Crippen LogP contribution < -0.4 is 5.32 Å². The van der Waals surface area contributed by atoms with Crippen LogP contribution in [0.1, 0.15) is 65.6 Å². The number of hydrogen-bond donors (Lipinski definition) is 1. The molecular weight excluding hydrogens is 404 g/mol. The van der Waals surface area contributed by atoms with Crippen molar-refractivity contribution in [2.24, 2.45) is 13.0 Å². The number of amides is 1. The zero-order chi connectivity index (χ0) is 22.7. The van der Waals surface area contributed by atoms with Gasteiger partial charge in [-0.05, 0) is 43.9 Å². The van der Waals surface area contributed by atoms with Gasteiger partial charge in [-0.3, -0.25) is 9.48 Å². The summed E-state index contributed by atoms with van der Waals surface area (Å²) in [5.41, 5.74) is 3.79. The number of esters is 1. The molecule has 2 heterocycles. The second-order valence-corrected chi connectivity index (χ2v) is 8.44. The first-order valence-electron chi connectivity index (χ1n) is 11.4. The fraction of sp³-hybridized carbons (Fsp3) is 0.440. The van der Waals surface area contributed by atoms with E-state index in [1.54, 1.807) is 29.9 Å². The molecule has 0 atom stereocenters. The number of benzene rings is 1. The van der Waals surface area contributed by atoms with Crippen molar-refractivity contribution in [3.63, 3.8) is 0 Å². The summed E-state index contributed by atoms with van der Waals surface area (Å²) in [5, 5.41) is 8.13. The minimum atomic E-state index is -0.447. The molecule has 1 N–H and O–H groups in total. The fourth-order valence-corrected chi connectivity index (χ4v) is 3.98. The van der Waals surface area contributed by atoms with Gasteiger partial charge in [0.2, 0.25) is 0 Å². The predicted molar refractivity (Wildman–Crippen MR) is 124 cm³/mol. The summed E-state index contributed by atoms with van der Waals surface area (Å²) < 4.78 is 7.02. The molecule has 1 aliphatic carbocycles. The van der Waals surface area contributed by atoms with Crippen LogP contribution in [0.3, 0.4) is 0 Å². The average molecular weight is 435 g/mol. The molecule has 1 saturated carbocycles. The van der Waals surface area contributed by atoms with E-state index in [9.17, 15) is 9.59 Å². The first-order chi connectivity index (χ1) is 15.5. The van der Waals surface area contributed by atoms with Gasteiger partial charge in [0, 0.05) is 30.2 Å². The second-order valence-electron chi connectivity index (χ2n) is 8.44. The molecule has 168 valence electrons. The van der Waals surface area contributed by atoms with E-state index in [1.807, 2.05) is 26.1 Å². The Labute approximate surface area is 188 Å². The number of aryl methyl sites for hydroxylation is 1. The lowest BCUT2D eigenvalue weighted by Crippen LogP contribution is -2.25. The maximum absolute atomic E-state index is 13.0. The number of carbonyl (C=O) groups excluding carboxylic acids is 2. The number of pyridine rings is 1. The van der Waals surface area contributed by atoms with Crippen molar-refractivity contribution in [1.29, 1.82) is 0 Å². The van der Waals surface area contributed by atoms with Gasteiger partial charge < -0.3 is 10.1 Å². The summed E-state index contributed by atoms with van der Waals surface area (Å²) in [7, 11) is 1.88. The van der Waals surface area contributed by atoms with Crippen LogP contribution in [0.4, 0.5) is 0 Å². The summed E-state index contributed by atoms with van der Waals surface area (Å²) in [6, 6.07) is 7.20. The van der Waals surface area contributed by atoms with Crippen LogP contribution in [0.5, 0.6) is 0 Å². The Bertz CT molecular complexity index is 1150. The van der Waals surface area contributed by atoms with Gasteiger partial charge >= 0.3 is 5.97 Å². The third kappa shape index (κ3) is 4.66. The van der Waals surface area contributed by atoms with Crippen molar-refractivity contribution in [2.75, 3.05) is 13.2 Å². The van der Waals surface area contributed by atoms with E-state index < -0.39 is 5.97 Å². The van der Waals surface area contributed by atoms with Crippen molar-refractivity contribution >= 4 is 22.8 Å². The largest absolute Gasteiger partial charge is 0.462 e. The minimum Gasteiger partial charge on any atom is -0.462 e. The van der Waals surface area contributed by atoms with Crippen molar-refractivity contribution in [2.45, 2.75) is 46.0 Å². The highest BCUT2D eigenvalue weighted by atomic mass is 16.5. The quantitative estimate of drug-likeness (QED) is 0.398. The zero-order valence-corrected chi connectivity index (χ0v) is 19.0. The Balaban J connectivity index is 1.70. The first-order valence-corrected chi connectivity index (χ1v) is 11.4. The molecule has 0 unspecified atom stereocenters. The first kappa shape index (κ1) is 22.0. The van der Waals surface area contributed by atoms with Gasteiger partial charge in [-0.15, -0.1) is 0 Å². The maximum atomic E-state index is 13.0. The lowest BCUT2D eigenvalue weighted by Gasteiger charge is -2.13. The van der Waals surface area contributed by atoms with Crippen LogP contribution in [0.25, 0.3) is 22.0 Å². The van der Waals surface area contributed by atoms with Crippen molar-refractivity contribution in [1.82, 2.24) is 20.1 Å². The van der Waals surface area contributed by atoms with Crippen molar-refractivity contribution in [3.05, 3.63) is 47.4 Å². The van der Waals surface area contributed by atoms with Gasteiger partial charge in [0.25, 0.3) is 5.91 Å². The number of nitrogens with one attached hydrogen (secondary N) is 1. The van der Waals surface area contributed by atoms with Crippen LogP contribution in [0.2, 0.25) is 0 Å². The van der Waals surface area contributed by atoms with E-state index >= 15 is 0 Å². The lowest BCUT2D eigenvalue weighted by molar-refractivity contribution is 0.0528. The molecule has 1 amide bonds. The summed E-state index contributed by atoms with van der Waals surface area (Å²) in [4.78, 5) is 30.1. The molecule has 7 nitrogen and oxygen atoms in total. The molecule has 0 aliphatic heterocycles. The van der Waals surface area contributed by atoms with Gasteiger partial charge in [-0.2, -0.15) is 5.10 Å². The van der Waals surface area contributed by atoms with Gasteiger partial charge in [0.15, 0.2) is 0 Å². The molecular formula is C25H30N4O3. The summed E-state index contributed by atoms with van der Waals surface area (Å²) in [5.74, 6) is 0.219. The van der Waals surface area contributed by atoms with E-state index in [0.29, 0.717) is 17.6 Å². The van der Waals surface area contributed by atoms with Crippen LogP contribution in [-0.4, -0.2) is 39.8 Å². The van der Waals surface area contributed by atoms with Crippen LogP contribution in [-0.2, 0) is 11.8 Å². The molecule has 0 radical (unpaired) electrons. The summed E-state index contributed by atoms with van der Waals surface area (Å²) in [6.07, 6.45) is 7.82. The summed E-state index contributed by atoms with van der Waals surface area (Å²) in [6.45, 7) is 4.63. The normalized spacial score (nSPS) is 13.3. The maximum Gasteiger partial charge on any atom is 0.340 e. The Morgan fingerprint density at radius 1 is 1.22 bits per heavy atom. The molecule has 1 aromatic carbocycles. The molecule has 32 heavy (non-hydrogen) atoms. The van der Waals surface area contributed by atoms with Gasteiger partial charge in [-0.1, -0.05) is 37.8 Å². The van der Waals surface area contributed by atoms with E-state index in [2.05, 4.69) is 15.4 Å². The molecule has 4 rings (SSSR count). The number of hydrogen-bond acceptors (Lipinski definition) is 5.